The average molecular weight is 311 g/mol. The van der Waals surface area contributed by atoms with E-state index in [0.717, 1.165) is 25.5 Å². The summed E-state index contributed by atoms with van der Waals surface area (Å²) in [5.41, 5.74) is 1.28. The highest BCUT2D eigenvalue weighted by Gasteiger charge is 2.01. The number of benzene rings is 1. The number of hydrogen-bond donors (Lipinski definition) is 2. The van der Waals surface area contributed by atoms with Gasteiger partial charge in [-0.05, 0) is 25.3 Å². The van der Waals surface area contributed by atoms with Crippen molar-refractivity contribution < 1.29 is 8.42 Å². The SMILES string of the molecule is CCNC(=NCCCS(C)(=O)=O)NCCc1ccccc1. The second kappa shape index (κ2) is 9.39. The first kappa shape index (κ1) is 17.5. The number of rotatable bonds is 8. The van der Waals surface area contributed by atoms with Gasteiger partial charge in [0, 0.05) is 25.9 Å². The van der Waals surface area contributed by atoms with Crippen molar-refractivity contribution >= 4 is 15.8 Å². The van der Waals surface area contributed by atoms with E-state index in [-0.39, 0.29) is 5.75 Å². The van der Waals surface area contributed by atoms with Gasteiger partial charge in [-0.2, -0.15) is 0 Å². The van der Waals surface area contributed by atoms with Crippen molar-refractivity contribution in [2.75, 3.05) is 31.6 Å². The van der Waals surface area contributed by atoms with Crippen molar-refractivity contribution in [2.24, 2.45) is 4.99 Å². The molecule has 118 valence electrons. The molecule has 0 fully saturated rings. The fourth-order valence-electron chi connectivity index (χ4n) is 1.83. The van der Waals surface area contributed by atoms with Gasteiger partial charge in [-0.25, -0.2) is 8.42 Å². The Labute approximate surface area is 127 Å². The molecule has 0 aliphatic carbocycles. The highest BCUT2D eigenvalue weighted by Crippen LogP contribution is 1.98. The van der Waals surface area contributed by atoms with Crippen molar-refractivity contribution in [3.63, 3.8) is 0 Å². The molecule has 5 nitrogen and oxygen atoms in total. The molecule has 0 saturated heterocycles. The first-order valence-corrected chi connectivity index (χ1v) is 9.31. The molecule has 1 aromatic rings. The fourth-order valence-corrected chi connectivity index (χ4v) is 2.48. The van der Waals surface area contributed by atoms with E-state index in [2.05, 4.69) is 27.8 Å². The van der Waals surface area contributed by atoms with E-state index < -0.39 is 9.84 Å². The summed E-state index contributed by atoms with van der Waals surface area (Å²) in [6, 6.07) is 10.2. The maximum Gasteiger partial charge on any atom is 0.191 e. The lowest BCUT2D eigenvalue weighted by molar-refractivity contribution is 0.599. The van der Waals surface area contributed by atoms with E-state index in [1.54, 1.807) is 0 Å². The quantitative estimate of drug-likeness (QED) is 0.430. The first-order chi connectivity index (χ1) is 10.0. The highest BCUT2D eigenvalue weighted by molar-refractivity contribution is 7.90. The van der Waals surface area contributed by atoms with Gasteiger partial charge < -0.3 is 10.6 Å². The van der Waals surface area contributed by atoms with Crippen molar-refractivity contribution in [3.05, 3.63) is 35.9 Å². The third-order valence-electron chi connectivity index (χ3n) is 2.84. The molecule has 0 aliphatic rings. The van der Waals surface area contributed by atoms with Crippen LogP contribution in [-0.4, -0.2) is 46.0 Å². The summed E-state index contributed by atoms with van der Waals surface area (Å²) in [6.07, 6.45) is 2.72. The molecule has 0 bridgehead atoms. The van der Waals surface area contributed by atoms with E-state index in [9.17, 15) is 8.42 Å². The molecule has 0 unspecified atom stereocenters. The number of aliphatic imine (C=N–C) groups is 1. The zero-order valence-corrected chi connectivity index (χ0v) is 13.6. The summed E-state index contributed by atoms with van der Waals surface area (Å²) in [4.78, 5) is 4.38. The van der Waals surface area contributed by atoms with Crippen LogP contribution in [0.2, 0.25) is 0 Å². The molecule has 0 spiro atoms. The number of nitrogens with one attached hydrogen (secondary N) is 2. The molecular weight excluding hydrogens is 286 g/mol. The molecule has 0 atom stereocenters. The third kappa shape index (κ3) is 9.07. The largest absolute Gasteiger partial charge is 0.357 e. The maximum atomic E-state index is 11.1. The van der Waals surface area contributed by atoms with Gasteiger partial charge in [-0.3, -0.25) is 4.99 Å². The predicted octanol–water partition coefficient (Wildman–Crippen LogP) is 1.22. The third-order valence-corrected chi connectivity index (χ3v) is 3.87. The topological polar surface area (TPSA) is 70.6 Å². The first-order valence-electron chi connectivity index (χ1n) is 7.25. The Morgan fingerprint density at radius 3 is 2.52 bits per heavy atom. The number of guanidine groups is 1. The summed E-state index contributed by atoms with van der Waals surface area (Å²) in [5.74, 6) is 0.918. The Morgan fingerprint density at radius 2 is 1.90 bits per heavy atom. The van der Waals surface area contributed by atoms with E-state index in [1.165, 1.54) is 11.8 Å². The van der Waals surface area contributed by atoms with Gasteiger partial charge >= 0.3 is 0 Å². The van der Waals surface area contributed by atoms with Crippen LogP contribution in [0.15, 0.2) is 35.3 Å². The molecule has 0 saturated carbocycles. The molecule has 2 N–H and O–H groups in total. The van der Waals surface area contributed by atoms with E-state index in [4.69, 9.17) is 0 Å². The Bertz CT molecular complexity index is 527. The van der Waals surface area contributed by atoms with Crippen molar-refractivity contribution in [2.45, 2.75) is 19.8 Å². The van der Waals surface area contributed by atoms with Crippen LogP contribution in [0.1, 0.15) is 18.9 Å². The molecule has 21 heavy (non-hydrogen) atoms. The Hall–Kier alpha value is -1.56. The molecule has 0 aromatic heterocycles. The highest BCUT2D eigenvalue weighted by atomic mass is 32.2. The zero-order valence-electron chi connectivity index (χ0n) is 12.8. The lowest BCUT2D eigenvalue weighted by Gasteiger charge is -2.11. The minimum absolute atomic E-state index is 0.180. The summed E-state index contributed by atoms with van der Waals surface area (Å²) in [6.45, 7) is 4.09. The molecule has 0 aliphatic heterocycles. The summed E-state index contributed by atoms with van der Waals surface area (Å²) in [7, 11) is -2.90. The lowest BCUT2D eigenvalue weighted by Crippen LogP contribution is -2.38. The van der Waals surface area contributed by atoms with Gasteiger partial charge in [0.1, 0.15) is 9.84 Å². The van der Waals surface area contributed by atoms with Crippen LogP contribution >= 0.6 is 0 Å². The molecule has 1 rings (SSSR count). The van der Waals surface area contributed by atoms with Crippen LogP contribution in [0.25, 0.3) is 0 Å². The average Bonchev–Trinajstić information content (AvgIpc) is 2.43. The van der Waals surface area contributed by atoms with E-state index in [1.807, 2.05) is 25.1 Å². The molecular formula is C15H25N3O2S. The number of hydrogen-bond acceptors (Lipinski definition) is 3. The maximum absolute atomic E-state index is 11.1. The summed E-state index contributed by atoms with van der Waals surface area (Å²) < 4.78 is 22.1. The molecule has 0 radical (unpaired) electrons. The molecule has 0 heterocycles. The Balaban J connectivity index is 2.35. The van der Waals surface area contributed by atoms with Crippen LogP contribution in [0, 0.1) is 0 Å². The van der Waals surface area contributed by atoms with Crippen molar-refractivity contribution in [3.8, 4) is 0 Å². The van der Waals surface area contributed by atoms with E-state index in [0.29, 0.717) is 13.0 Å². The van der Waals surface area contributed by atoms with Gasteiger partial charge in [0.15, 0.2) is 5.96 Å². The standard InChI is InChI=1S/C15H25N3O2S/c1-3-16-15(17-11-7-13-21(2,19)20)18-12-10-14-8-5-4-6-9-14/h4-6,8-9H,3,7,10-13H2,1-2H3,(H2,16,17,18). The minimum atomic E-state index is -2.90. The molecule has 1 aromatic carbocycles. The smallest absolute Gasteiger partial charge is 0.191 e. The molecule has 6 heteroatoms. The minimum Gasteiger partial charge on any atom is -0.357 e. The van der Waals surface area contributed by atoms with Gasteiger partial charge in [-0.15, -0.1) is 0 Å². The summed E-state index contributed by atoms with van der Waals surface area (Å²) >= 11 is 0. The number of nitrogens with zero attached hydrogens (tertiary/aromatic N) is 1. The zero-order chi connectivity index (χ0) is 15.6. The van der Waals surface area contributed by atoms with Crippen molar-refractivity contribution in [1.29, 1.82) is 0 Å². The van der Waals surface area contributed by atoms with Crippen LogP contribution < -0.4 is 10.6 Å². The number of sulfone groups is 1. The van der Waals surface area contributed by atoms with Crippen LogP contribution in [0.3, 0.4) is 0 Å². The van der Waals surface area contributed by atoms with Gasteiger partial charge in [0.2, 0.25) is 0 Å². The Morgan fingerprint density at radius 1 is 1.19 bits per heavy atom. The van der Waals surface area contributed by atoms with Crippen molar-refractivity contribution in [1.82, 2.24) is 10.6 Å². The predicted molar refractivity (Wildman–Crippen MR) is 88.5 cm³/mol. The van der Waals surface area contributed by atoms with E-state index >= 15 is 0 Å². The van der Waals surface area contributed by atoms with Crippen LogP contribution in [-0.2, 0) is 16.3 Å². The second-order valence-corrected chi connectivity index (χ2v) is 7.17. The molecule has 0 amide bonds. The van der Waals surface area contributed by atoms with Crippen LogP contribution in [0.5, 0.6) is 0 Å². The normalized spacial score (nSPS) is 12.2. The van der Waals surface area contributed by atoms with Gasteiger partial charge in [0.25, 0.3) is 0 Å². The monoisotopic (exact) mass is 311 g/mol. The van der Waals surface area contributed by atoms with Gasteiger partial charge in [-0.1, -0.05) is 30.3 Å². The van der Waals surface area contributed by atoms with Crippen LogP contribution in [0.4, 0.5) is 0 Å². The second-order valence-electron chi connectivity index (χ2n) is 4.91. The Kier molecular flexibility index (Phi) is 7.82. The lowest BCUT2D eigenvalue weighted by atomic mass is 10.1. The van der Waals surface area contributed by atoms with Gasteiger partial charge in [0.05, 0.1) is 5.75 Å². The summed E-state index contributed by atoms with van der Waals surface area (Å²) in [5, 5.41) is 6.41. The fraction of sp³-hybridized carbons (Fsp3) is 0.533.